The van der Waals surface area contributed by atoms with Crippen LogP contribution in [0.5, 0.6) is 0 Å². The largest absolute Gasteiger partial charge is 0.416 e. The van der Waals surface area contributed by atoms with Crippen molar-refractivity contribution in [2.75, 3.05) is 6.54 Å². The summed E-state index contributed by atoms with van der Waals surface area (Å²) >= 11 is 0. The first-order valence-electron chi connectivity index (χ1n) is 6.13. The number of hydrogen-bond acceptors (Lipinski definition) is 3. The van der Waals surface area contributed by atoms with Gasteiger partial charge in [0.25, 0.3) is 0 Å². The Hall–Kier alpha value is -1.57. The van der Waals surface area contributed by atoms with Crippen molar-refractivity contribution in [2.45, 2.75) is 39.0 Å². The molecule has 0 aliphatic carbocycles. The summed E-state index contributed by atoms with van der Waals surface area (Å²) in [4.78, 5) is 11.5. The molecule has 1 aromatic rings. The first-order valence-corrected chi connectivity index (χ1v) is 6.13. The quantitative estimate of drug-likeness (QED) is 0.851. The van der Waals surface area contributed by atoms with Gasteiger partial charge in [0.2, 0.25) is 5.91 Å². The van der Waals surface area contributed by atoms with Gasteiger partial charge in [0.1, 0.15) is 0 Å². The number of aliphatic hydroxyl groups excluding tert-OH is 1. The summed E-state index contributed by atoms with van der Waals surface area (Å²) in [5.74, 6) is -0.532. The minimum atomic E-state index is -4.72. The van der Waals surface area contributed by atoms with Gasteiger partial charge in [0.05, 0.1) is 12.2 Å². The third-order valence-corrected chi connectivity index (χ3v) is 3.13. The van der Waals surface area contributed by atoms with Gasteiger partial charge < -0.3 is 10.4 Å². The number of aromatic nitrogens is 2. The van der Waals surface area contributed by atoms with Gasteiger partial charge in [-0.15, -0.1) is 0 Å². The lowest BCUT2D eigenvalue weighted by molar-refractivity contribution is -0.201. The van der Waals surface area contributed by atoms with Gasteiger partial charge in [0, 0.05) is 19.2 Å². The maximum Gasteiger partial charge on any atom is 0.416 e. The molecule has 0 aliphatic heterocycles. The number of hydrogen-bond donors (Lipinski definition) is 2. The summed E-state index contributed by atoms with van der Waals surface area (Å²) in [6, 6.07) is 0. The molecule has 1 heterocycles. The van der Waals surface area contributed by atoms with Gasteiger partial charge in [-0.25, -0.2) is 0 Å². The van der Waals surface area contributed by atoms with Crippen LogP contribution in [0.1, 0.15) is 23.4 Å². The average Bonchev–Trinajstić information content (AvgIpc) is 2.57. The Morgan fingerprint density at radius 1 is 1.45 bits per heavy atom. The Labute approximate surface area is 114 Å². The lowest BCUT2D eigenvalue weighted by Gasteiger charge is -2.14. The van der Waals surface area contributed by atoms with Gasteiger partial charge in [-0.1, -0.05) is 0 Å². The Kier molecular flexibility index (Phi) is 5.15. The van der Waals surface area contributed by atoms with Gasteiger partial charge in [-0.2, -0.15) is 18.3 Å². The van der Waals surface area contributed by atoms with Crippen molar-refractivity contribution in [3.05, 3.63) is 17.0 Å². The van der Waals surface area contributed by atoms with E-state index in [4.69, 9.17) is 5.11 Å². The third-order valence-electron chi connectivity index (χ3n) is 3.13. The molecule has 8 heteroatoms. The summed E-state index contributed by atoms with van der Waals surface area (Å²) in [7, 11) is 1.78. The Bertz CT molecular complexity index is 483. The number of aryl methyl sites for hydroxylation is 2. The van der Waals surface area contributed by atoms with E-state index in [1.165, 1.54) is 0 Å². The molecule has 114 valence electrons. The fourth-order valence-corrected chi connectivity index (χ4v) is 1.83. The topological polar surface area (TPSA) is 67.2 Å². The van der Waals surface area contributed by atoms with Gasteiger partial charge in [-0.3, -0.25) is 9.48 Å². The predicted octanol–water partition coefficient (Wildman–Crippen LogP) is 1.01. The summed E-state index contributed by atoms with van der Waals surface area (Å²) in [5.41, 5.74) is 2.64. The van der Waals surface area contributed by atoms with Crippen LogP contribution in [-0.2, 0) is 18.3 Å². The summed E-state index contributed by atoms with van der Waals surface area (Å²) < 4.78 is 37.8. The molecule has 0 bridgehead atoms. The number of carbonyl (C=O) groups excluding carboxylic acids is 1. The number of nitrogens with zero attached hydrogens (tertiary/aromatic N) is 2. The van der Waals surface area contributed by atoms with Crippen molar-refractivity contribution in [3.63, 3.8) is 0 Å². The van der Waals surface area contributed by atoms with E-state index in [1.807, 2.05) is 13.8 Å². The smallest absolute Gasteiger partial charge is 0.382 e. The van der Waals surface area contributed by atoms with Crippen molar-refractivity contribution >= 4 is 5.91 Å². The number of rotatable bonds is 5. The molecule has 0 aromatic carbocycles. The molecule has 20 heavy (non-hydrogen) atoms. The predicted molar refractivity (Wildman–Crippen MR) is 66.1 cm³/mol. The number of halogens is 3. The zero-order valence-corrected chi connectivity index (χ0v) is 11.6. The fourth-order valence-electron chi connectivity index (χ4n) is 1.83. The number of aliphatic hydroxyl groups is 1. The van der Waals surface area contributed by atoms with E-state index in [9.17, 15) is 18.0 Å². The van der Waals surface area contributed by atoms with Crippen molar-refractivity contribution in [2.24, 2.45) is 7.05 Å². The second-order valence-corrected chi connectivity index (χ2v) is 4.63. The van der Waals surface area contributed by atoms with E-state index in [-0.39, 0.29) is 6.42 Å². The van der Waals surface area contributed by atoms with Crippen LogP contribution in [0.3, 0.4) is 0 Å². The summed E-state index contributed by atoms with van der Waals surface area (Å²) in [6.07, 6.45) is -6.80. The number of alkyl halides is 3. The molecular formula is C12H18F3N3O2. The molecule has 5 nitrogen and oxygen atoms in total. The monoisotopic (exact) mass is 293 g/mol. The lowest BCUT2D eigenvalue weighted by Crippen LogP contribution is -2.40. The van der Waals surface area contributed by atoms with Crippen LogP contribution >= 0.6 is 0 Å². The van der Waals surface area contributed by atoms with Gasteiger partial charge in [0.15, 0.2) is 6.10 Å². The minimum absolute atomic E-state index is 0.0535. The Morgan fingerprint density at radius 2 is 2.05 bits per heavy atom. The minimum Gasteiger partial charge on any atom is -0.382 e. The SMILES string of the molecule is Cc1nn(C)c(C)c1CCC(=O)NCC(O)C(F)(F)F. The number of nitrogens with one attached hydrogen (secondary N) is 1. The number of amides is 1. The molecule has 1 rings (SSSR count). The molecule has 0 aliphatic rings. The zero-order chi connectivity index (χ0) is 15.5. The molecule has 1 aromatic heterocycles. The average molecular weight is 293 g/mol. The highest BCUT2D eigenvalue weighted by Crippen LogP contribution is 2.19. The molecule has 1 atom stereocenters. The molecule has 0 radical (unpaired) electrons. The van der Waals surface area contributed by atoms with Crippen LogP contribution in [-0.4, -0.2) is 39.6 Å². The van der Waals surface area contributed by atoms with Crippen LogP contribution in [0.4, 0.5) is 13.2 Å². The van der Waals surface area contributed by atoms with Gasteiger partial charge >= 0.3 is 6.18 Å². The highest BCUT2D eigenvalue weighted by atomic mass is 19.4. The van der Waals surface area contributed by atoms with Crippen LogP contribution in [0.25, 0.3) is 0 Å². The molecule has 0 fully saturated rings. The zero-order valence-electron chi connectivity index (χ0n) is 11.6. The highest BCUT2D eigenvalue weighted by molar-refractivity contribution is 5.76. The standard InChI is InChI=1S/C12H18F3N3O2/c1-7-9(8(2)18(3)17-7)4-5-11(20)16-6-10(19)12(13,14)15/h10,19H,4-6H2,1-3H3,(H,16,20). The molecular weight excluding hydrogens is 275 g/mol. The first kappa shape index (κ1) is 16.5. The second kappa shape index (κ2) is 6.25. The maximum atomic E-state index is 12.0. The first-order chi connectivity index (χ1) is 9.12. The number of carbonyl (C=O) groups is 1. The molecule has 1 unspecified atom stereocenters. The fraction of sp³-hybridized carbons (Fsp3) is 0.667. The van der Waals surface area contributed by atoms with E-state index in [0.717, 1.165) is 17.0 Å². The van der Waals surface area contributed by atoms with Gasteiger partial charge in [-0.05, 0) is 25.8 Å². The molecule has 2 N–H and O–H groups in total. The van der Waals surface area contributed by atoms with Crippen molar-refractivity contribution in [3.8, 4) is 0 Å². The van der Waals surface area contributed by atoms with E-state index < -0.39 is 24.7 Å². The third kappa shape index (κ3) is 4.22. The van der Waals surface area contributed by atoms with Crippen molar-refractivity contribution in [1.82, 2.24) is 15.1 Å². The molecule has 0 spiro atoms. The molecule has 1 amide bonds. The van der Waals surface area contributed by atoms with E-state index in [2.05, 4.69) is 10.4 Å². The van der Waals surface area contributed by atoms with Crippen molar-refractivity contribution < 1.29 is 23.1 Å². The maximum absolute atomic E-state index is 12.0. The van der Waals surface area contributed by atoms with E-state index in [1.54, 1.807) is 11.7 Å². The van der Waals surface area contributed by atoms with Crippen LogP contribution in [0.2, 0.25) is 0 Å². The van der Waals surface area contributed by atoms with Crippen LogP contribution in [0.15, 0.2) is 0 Å². The normalized spacial score (nSPS) is 13.3. The van der Waals surface area contributed by atoms with Crippen LogP contribution in [0, 0.1) is 13.8 Å². The van der Waals surface area contributed by atoms with E-state index >= 15 is 0 Å². The van der Waals surface area contributed by atoms with Crippen molar-refractivity contribution in [1.29, 1.82) is 0 Å². The summed E-state index contributed by atoms with van der Waals surface area (Å²) in [6.45, 7) is 2.85. The molecule has 0 saturated heterocycles. The Balaban J connectivity index is 2.44. The summed E-state index contributed by atoms with van der Waals surface area (Å²) in [5, 5.41) is 15.0. The molecule has 0 saturated carbocycles. The highest BCUT2D eigenvalue weighted by Gasteiger charge is 2.38. The van der Waals surface area contributed by atoms with Crippen LogP contribution < -0.4 is 5.32 Å². The van der Waals surface area contributed by atoms with E-state index in [0.29, 0.717) is 6.42 Å². The second-order valence-electron chi connectivity index (χ2n) is 4.63. The lowest BCUT2D eigenvalue weighted by atomic mass is 10.1. The Morgan fingerprint density at radius 3 is 2.50 bits per heavy atom.